The van der Waals surface area contributed by atoms with Gasteiger partial charge < -0.3 is 4.42 Å². The molecule has 0 spiro atoms. The summed E-state index contributed by atoms with van der Waals surface area (Å²) in [6.07, 6.45) is 2.67. The van der Waals surface area contributed by atoms with Crippen LogP contribution in [0.2, 0.25) is 0 Å². The Labute approximate surface area is 152 Å². The van der Waals surface area contributed by atoms with Gasteiger partial charge in [-0.3, -0.25) is 4.98 Å². The number of nitrogens with zero attached hydrogens (tertiary/aromatic N) is 2. The number of para-hydroxylation sites is 1. The highest BCUT2D eigenvalue weighted by Crippen LogP contribution is 2.38. The molecule has 0 radical (unpaired) electrons. The van der Waals surface area contributed by atoms with E-state index in [2.05, 4.69) is 37.0 Å². The van der Waals surface area contributed by atoms with Crippen LogP contribution in [0, 0.1) is 24.2 Å². The van der Waals surface area contributed by atoms with Crippen LogP contribution in [0.5, 0.6) is 0 Å². The first-order valence-electron chi connectivity index (χ1n) is 8.89. The lowest BCUT2D eigenvalue weighted by atomic mass is 9.93. The maximum Gasteiger partial charge on any atom is 0.144 e. The molecule has 0 saturated carbocycles. The van der Waals surface area contributed by atoms with Gasteiger partial charge in [-0.05, 0) is 49.1 Å². The Morgan fingerprint density at radius 2 is 1.92 bits per heavy atom. The van der Waals surface area contributed by atoms with E-state index in [1.54, 1.807) is 6.20 Å². The van der Waals surface area contributed by atoms with Crippen molar-refractivity contribution in [2.45, 2.75) is 27.2 Å². The van der Waals surface area contributed by atoms with E-state index in [1.807, 2.05) is 37.3 Å². The SMILES string of the molecule is Cc1c(C#N)c(CC(C)C)cc2c1oc1c(-c3ccccn3)cccc12. The van der Waals surface area contributed by atoms with E-state index in [0.29, 0.717) is 5.92 Å². The molecule has 128 valence electrons. The summed E-state index contributed by atoms with van der Waals surface area (Å²) in [5.74, 6) is 0.487. The molecule has 3 heteroatoms. The van der Waals surface area contributed by atoms with Crippen molar-refractivity contribution >= 4 is 21.9 Å². The fraction of sp³-hybridized carbons (Fsp3) is 0.217. The monoisotopic (exact) mass is 340 g/mol. The van der Waals surface area contributed by atoms with E-state index in [4.69, 9.17) is 4.42 Å². The van der Waals surface area contributed by atoms with E-state index in [9.17, 15) is 5.26 Å². The molecule has 2 aromatic carbocycles. The van der Waals surface area contributed by atoms with Gasteiger partial charge in [-0.1, -0.05) is 32.0 Å². The Balaban J connectivity index is 2.07. The van der Waals surface area contributed by atoms with Gasteiger partial charge in [0.15, 0.2) is 0 Å². The fourth-order valence-corrected chi connectivity index (χ4v) is 3.64. The van der Waals surface area contributed by atoms with Gasteiger partial charge in [0.25, 0.3) is 0 Å². The van der Waals surface area contributed by atoms with Gasteiger partial charge in [0, 0.05) is 28.1 Å². The van der Waals surface area contributed by atoms with Crippen LogP contribution < -0.4 is 0 Å². The van der Waals surface area contributed by atoms with Crippen LogP contribution in [-0.4, -0.2) is 4.98 Å². The summed E-state index contributed by atoms with van der Waals surface area (Å²) in [5.41, 5.74) is 6.24. The molecule has 2 heterocycles. The van der Waals surface area contributed by atoms with Crippen molar-refractivity contribution in [1.82, 2.24) is 4.98 Å². The quantitative estimate of drug-likeness (QED) is 0.458. The third-order valence-corrected chi connectivity index (χ3v) is 4.79. The second-order valence-corrected chi connectivity index (χ2v) is 7.12. The molecule has 3 nitrogen and oxygen atoms in total. The molecule has 26 heavy (non-hydrogen) atoms. The van der Waals surface area contributed by atoms with Crippen molar-refractivity contribution in [3.63, 3.8) is 0 Å². The second kappa shape index (κ2) is 6.31. The zero-order chi connectivity index (χ0) is 18.3. The van der Waals surface area contributed by atoms with Gasteiger partial charge in [0.2, 0.25) is 0 Å². The molecule has 0 atom stereocenters. The van der Waals surface area contributed by atoms with Gasteiger partial charge in [0.1, 0.15) is 11.2 Å². The molecule has 4 aromatic rings. The molecule has 0 unspecified atom stereocenters. The number of benzene rings is 2. The highest BCUT2D eigenvalue weighted by Gasteiger charge is 2.18. The summed E-state index contributed by atoms with van der Waals surface area (Å²) in [6.45, 7) is 6.33. The smallest absolute Gasteiger partial charge is 0.144 e. The van der Waals surface area contributed by atoms with Crippen molar-refractivity contribution in [2.24, 2.45) is 5.92 Å². The molecule has 0 saturated heterocycles. The lowest BCUT2D eigenvalue weighted by molar-refractivity contribution is 0.644. The molecule has 0 fully saturated rings. The first-order chi connectivity index (χ1) is 12.6. The summed E-state index contributed by atoms with van der Waals surface area (Å²) >= 11 is 0. The van der Waals surface area contributed by atoms with E-state index in [1.165, 1.54) is 0 Å². The highest BCUT2D eigenvalue weighted by molar-refractivity contribution is 6.10. The Kier molecular flexibility index (Phi) is 3.97. The number of hydrogen-bond donors (Lipinski definition) is 0. The number of hydrogen-bond acceptors (Lipinski definition) is 3. The molecule has 0 aliphatic heterocycles. The molecule has 2 aromatic heterocycles. The van der Waals surface area contributed by atoms with Gasteiger partial charge in [0.05, 0.1) is 17.3 Å². The normalized spacial score (nSPS) is 11.3. The van der Waals surface area contributed by atoms with Crippen LogP contribution in [0.25, 0.3) is 33.2 Å². The summed E-state index contributed by atoms with van der Waals surface area (Å²) < 4.78 is 6.28. The van der Waals surface area contributed by atoms with Crippen LogP contribution in [-0.2, 0) is 6.42 Å². The van der Waals surface area contributed by atoms with Gasteiger partial charge in [-0.15, -0.1) is 0 Å². The topological polar surface area (TPSA) is 49.8 Å². The summed E-state index contributed by atoms with van der Waals surface area (Å²) in [4.78, 5) is 4.47. The maximum absolute atomic E-state index is 9.68. The number of fused-ring (bicyclic) bond motifs is 3. The van der Waals surface area contributed by atoms with Crippen LogP contribution in [0.4, 0.5) is 0 Å². The van der Waals surface area contributed by atoms with Crippen molar-refractivity contribution < 1.29 is 4.42 Å². The highest BCUT2D eigenvalue weighted by atomic mass is 16.3. The van der Waals surface area contributed by atoms with Crippen molar-refractivity contribution in [2.75, 3.05) is 0 Å². The van der Waals surface area contributed by atoms with Crippen LogP contribution in [0.1, 0.15) is 30.5 Å². The van der Waals surface area contributed by atoms with E-state index in [-0.39, 0.29) is 0 Å². The van der Waals surface area contributed by atoms with E-state index >= 15 is 0 Å². The summed E-state index contributed by atoms with van der Waals surface area (Å²) in [7, 11) is 0. The van der Waals surface area contributed by atoms with E-state index in [0.717, 1.165) is 56.3 Å². The molecule has 0 amide bonds. The molecular weight excluding hydrogens is 320 g/mol. The molecule has 0 N–H and O–H groups in total. The van der Waals surface area contributed by atoms with E-state index < -0.39 is 0 Å². The number of rotatable bonds is 3. The number of aromatic nitrogens is 1. The van der Waals surface area contributed by atoms with Crippen LogP contribution in [0.3, 0.4) is 0 Å². The van der Waals surface area contributed by atoms with Crippen molar-refractivity contribution in [3.8, 4) is 17.3 Å². The second-order valence-electron chi connectivity index (χ2n) is 7.12. The predicted octanol–water partition coefficient (Wildman–Crippen LogP) is 6.03. The van der Waals surface area contributed by atoms with Gasteiger partial charge in [-0.25, -0.2) is 0 Å². The predicted molar refractivity (Wildman–Crippen MR) is 105 cm³/mol. The zero-order valence-electron chi connectivity index (χ0n) is 15.2. The molecule has 0 aliphatic carbocycles. The third kappa shape index (κ3) is 2.55. The summed E-state index contributed by atoms with van der Waals surface area (Å²) in [6, 6.07) is 16.5. The first kappa shape index (κ1) is 16.4. The largest absolute Gasteiger partial charge is 0.455 e. The van der Waals surface area contributed by atoms with Crippen molar-refractivity contribution in [1.29, 1.82) is 5.26 Å². The Hall–Kier alpha value is -3.12. The molecule has 0 aliphatic rings. The molecule has 4 rings (SSSR count). The Morgan fingerprint density at radius 1 is 1.08 bits per heavy atom. The fourth-order valence-electron chi connectivity index (χ4n) is 3.64. The summed E-state index contributed by atoms with van der Waals surface area (Å²) in [5, 5.41) is 11.8. The average Bonchev–Trinajstić information content (AvgIpc) is 3.01. The Morgan fingerprint density at radius 3 is 2.62 bits per heavy atom. The van der Waals surface area contributed by atoms with Crippen LogP contribution in [0.15, 0.2) is 53.1 Å². The zero-order valence-corrected chi connectivity index (χ0v) is 15.2. The lowest BCUT2D eigenvalue weighted by Gasteiger charge is -2.10. The first-order valence-corrected chi connectivity index (χ1v) is 8.89. The molecular formula is C23H20N2O. The Bertz CT molecular complexity index is 1150. The van der Waals surface area contributed by atoms with Gasteiger partial charge >= 0.3 is 0 Å². The third-order valence-electron chi connectivity index (χ3n) is 4.79. The molecule has 0 bridgehead atoms. The minimum atomic E-state index is 0.487. The number of nitriles is 1. The minimum absolute atomic E-state index is 0.487. The number of furan rings is 1. The van der Waals surface area contributed by atoms with Crippen molar-refractivity contribution in [3.05, 3.63) is 65.4 Å². The average molecular weight is 340 g/mol. The standard InChI is InChI=1S/C23H20N2O/c1-14(2)11-16-12-19-17-7-6-8-18(21-9-4-5-10-25-21)23(17)26-22(19)15(3)20(16)13-24/h4-10,12,14H,11H2,1-3H3. The number of aryl methyl sites for hydroxylation is 1. The van der Waals surface area contributed by atoms with Gasteiger partial charge in [-0.2, -0.15) is 5.26 Å². The lowest BCUT2D eigenvalue weighted by Crippen LogP contribution is -1.99. The van der Waals surface area contributed by atoms with Crippen LogP contribution >= 0.6 is 0 Å². The number of pyridine rings is 1. The maximum atomic E-state index is 9.68. The minimum Gasteiger partial charge on any atom is -0.455 e.